The number of fused-ring (bicyclic) bond motifs is 1. The van der Waals surface area contributed by atoms with Crippen LogP contribution >= 0.6 is 11.3 Å². The van der Waals surface area contributed by atoms with Gasteiger partial charge in [0, 0.05) is 32.4 Å². The number of rotatable bonds is 9. The van der Waals surface area contributed by atoms with Crippen LogP contribution in [0, 0.1) is 12.8 Å². The molecule has 1 aromatic carbocycles. The number of ether oxygens (including phenoxy) is 2. The van der Waals surface area contributed by atoms with E-state index in [0.29, 0.717) is 31.1 Å². The topological polar surface area (TPSA) is 101 Å². The minimum atomic E-state index is 0.271. The highest BCUT2D eigenvalue weighted by Crippen LogP contribution is 2.38. The van der Waals surface area contributed by atoms with Gasteiger partial charge in [-0.15, -0.1) is 11.3 Å². The Bertz CT molecular complexity index is 1050. The van der Waals surface area contributed by atoms with Gasteiger partial charge in [0.05, 0.1) is 35.2 Å². The largest absolute Gasteiger partial charge is 0.497 e. The predicted octanol–water partition coefficient (Wildman–Crippen LogP) is 4.09. The summed E-state index contributed by atoms with van der Waals surface area (Å²) in [5.41, 5.74) is 2.71. The van der Waals surface area contributed by atoms with Crippen molar-refractivity contribution in [1.29, 1.82) is 0 Å². The zero-order chi connectivity index (χ0) is 22.5. The van der Waals surface area contributed by atoms with Gasteiger partial charge in [-0.1, -0.05) is 0 Å². The summed E-state index contributed by atoms with van der Waals surface area (Å²) < 4.78 is 11.6. The van der Waals surface area contributed by atoms with E-state index >= 15 is 0 Å². The van der Waals surface area contributed by atoms with E-state index in [9.17, 15) is 5.11 Å². The normalized spacial score (nSPS) is 18.6. The second kappa shape index (κ2) is 10.4. The van der Waals surface area contributed by atoms with Crippen molar-refractivity contribution in [1.82, 2.24) is 15.0 Å². The predicted molar refractivity (Wildman–Crippen MR) is 129 cm³/mol. The first-order chi connectivity index (χ1) is 15.6. The Labute approximate surface area is 192 Å². The monoisotopic (exact) mass is 457 g/mol. The molecule has 0 atom stereocenters. The Kier molecular flexibility index (Phi) is 7.39. The Morgan fingerprint density at radius 1 is 1.12 bits per heavy atom. The third-order valence-corrected chi connectivity index (χ3v) is 6.99. The average Bonchev–Trinajstić information content (AvgIpc) is 3.22. The van der Waals surface area contributed by atoms with Crippen LogP contribution in [-0.4, -0.2) is 60.1 Å². The van der Waals surface area contributed by atoms with Gasteiger partial charge in [-0.05, 0) is 50.7 Å². The number of aryl methyl sites for hydroxylation is 1. The highest BCUT2D eigenvalue weighted by Gasteiger charge is 2.24. The van der Waals surface area contributed by atoms with Gasteiger partial charge in [0.25, 0.3) is 0 Å². The molecule has 0 amide bonds. The number of thiazole rings is 1. The van der Waals surface area contributed by atoms with Crippen LogP contribution in [0.25, 0.3) is 20.8 Å². The molecular formula is C23H31N5O3S. The van der Waals surface area contributed by atoms with Crippen molar-refractivity contribution in [2.75, 3.05) is 44.6 Å². The standard InChI is InChI=1S/C23H31N5O3S/c1-14-20(22-27-18-12-17(31-3)8-9-19(18)32-22)21(28-23(25-14)24-10-11-30-2)26-16-6-4-15(13-29)5-7-16/h8-9,12,15-16,29H,4-7,10-11,13H2,1-3H3,(H2,24,25,26,28). The van der Waals surface area contributed by atoms with Gasteiger partial charge in [0.1, 0.15) is 16.6 Å². The number of hydrogen-bond acceptors (Lipinski definition) is 9. The molecule has 0 spiro atoms. The Balaban J connectivity index is 1.68. The minimum Gasteiger partial charge on any atom is -0.497 e. The lowest BCUT2D eigenvalue weighted by Crippen LogP contribution is -2.28. The number of methoxy groups -OCH3 is 2. The third kappa shape index (κ3) is 5.11. The van der Waals surface area contributed by atoms with Gasteiger partial charge in [0.2, 0.25) is 5.95 Å². The number of anilines is 2. The molecule has 0 unspecified atom stereocenters. The van der Waals surface area contributed by atoms with Crippen LogP contribution in [0.1, 0.15) is 31.4 Å². The molecule has 1 aliphatic carbocycles. The molecule has 8 nitrogen and oxygen atoms in total. The summed E-state index contributed by atoms with van der Waals surface area (Å²) in [5, 5.41) is 17.3. The zero-order valence-electron chi connectivity index (χ0n) is 18.9. The lowest BCUT2D eigenvalue weighted by Gasteiger charge is -2.29. The van der Waals surface area contributed by atoms with Crippen LogP contribution in [0.15, 0.2) is 18.2 Å². The molecule has 1 aliphatic rings. The average molecular weight is 458 g/mol. The maximum Gasteiger partial charge on any atom is 0.224 e. The second-order valence-electron chi connectivity index (χ2n) is 8.17. The summed E-state index contributed by atoms with van der Waals surface area (Å²) in [4.78, 5) is 14.4. The quantitative estimate of drug-likeness (QED) is 0.413. The Hall–Kier alpha value is -2.49. The SMILES string of the molecule is COCCNc1nc(C)c(-c2nc3cc(OC)ccc3s2)c(NC2CCC(CO)CC2)n1. The molecule has 2 heterocycles. The number of aliphatic hydroxyl groups excluding tert-OH is 1. The van der Waals surface area contributed by atoms with Crippen molar-refractivity contribution in [3.63, 3.8) is 0 Å². The van der Waals surface area contributed by atoms with E-state index in [4.69, 9.17) is 24.4 Å². The fourth-order valence-electron chi connectivity index (χ4n) is 4.10. The molecule has 1 saturated carbocycles. The maximum atomic E-state index is 9.47. The molecule has 0 bridgehead atoms. The van der Waals surface area contributed by atoms with Crippen molar-refractivity contribution >= 4 is 33.3 Å². The van der Waals surface area contributed by atoms with Gasteiger partial charge in [-0.2, -0.15) is 4.98 Å². The Morgan fingerprint density at radius 2 is 1.94 bits per heavy atom. The second-order valence-corrected chi connectivity index (χ2v) is 9.20. The van der Waals surface area contributed by atoms with E-state index in [1.54, 1.807) is 25.6 Å². The first-order valence-electron chi connectivity index (χ1n) is 11.0. The van der Waals surface area contributed by atoms with Crippen molar-refractivity contribution in [3.8, 4) is 16.3 Å². The molecule has 2 aromatic heterocycles. The molecule has 32 heavy (non-hydrogen) atoms. The van der Waals surface area contributed by atoms with E-state index in [0.717, 1.165) is 63.7 Å². The minimum absolute atomic E-state index is 0.271. The molecule has 1 fully saturated rings. The first kappa shape index (κ1) is 22.7. The van der Waals surface area contributed by atoms with Gasteiger partial charge < -0.3 is 25.2 Å². The highest BCUT2D eigenvalue weighted by atomic mass is 32.1. The van der Waals surface area contributed by atoms with E-state index in [1.165, 1.54) is 0 Å². The lowest BCUT2D eigenvalue weighted by atomic mass is 9.86. The number of nitrogens with one attached hydrogen (secondary N) is 2. The number of aliphatic hydroxyl groups is 1. The summed E-state index contributed by atoms with van der Waals surface area (Å²) >= 11 is 1.63. The summed E-state index contributed by atoms with van der Waals surface area (Å²) in [6, 6.07) is 6.26. The van der Waals surface area contributed by atoms with Gasteiger partial charge in [-0.3, -0.25) is 0 Å². The summed E-state index contributed by atoms with van der Waals surface area (Å²) in [6.45, 7) is 3.49. The smallest absolute Gasteiger partial charge is 0.224 e. The van der Waals surface area contributed by atoms with Crippen molar-refractivity contribution in [3.05, 3.63) is 23.9 Å². The van der Waals surface area contributed by atoms with Crippen LogP contribution in [-0.2, 0) is 4.74 Å². The first-order valence-corrected chi connectivity index (χ1v) is 11.9. The number of benzene rings is 1. The molecule has 3 N–H and O–H groups in total. The lowest BCUT2D eigenvalue weighted by molar-refractivity contribution is 0.185. The van der Waals surface area contributed by atoms with E-state index < -0.39 is 0 Å². The zero-order valence-corrected chi connectivity index (χ0v) is 19.7. The summed E-state index contributed by atoms with van der Waals surface area (Å²) in [6.07, 6.45) is 4.06. The molecule has 3 aromatic rings. The molecule has 0 aliphatic heterocycles. The summed E-state index contributed by atoms with van der Waals surface area (Å²) in [5.74, 6) is 2.58. The number of nitrogens with zero attached hydrogens (tertiary/aromatic N) is 3. The molecular weight excluding hydrogens is 426 g/mol. The van der Waals surface area contributed by atoms with Gasteiger partial charge >= 0.3 is 0 Å². The van der Waals surface area contributed by atoms with E-state index in [1.807, 2.05) is 25.1 Å². The van der Waals surface area contributed by atoms with E-state index in [2.05, 4.69) is 10.6 Å². The molecule has 0 saturated heterocycles. The molecule has 4 rings (SSSR count). The number of aromatic nitrogens is 3. The van der Waals surface area contributed by atoms with Crippen LogP contribution in [0.2, 0.25) is 0 Å². The van der Waals surface area contributed by atoms with Crippen LogP contribution in [0.4, 0.5) is 11.8 Å². The highest BCUT2D eigenvalue weighted by molar-refractivity contribution is 7.21. The van der Waals surface area contributed by atoms with Crippen molar-refractivity contribution in [2.24, 2.45) is 5.92 Å². The Morgan fingerprint density at radius 3 is 2.66 bits per heavy atom. The molecule has 9 heteroatoms. The van der Waals surface area contributed by atoms with Crippen molar-refractivity contribution < 1.29 is 14.6 Å². The van der Waals surface area contributed by atoms with Crippen molar-refractivity contribution in [2.45, 2.75) is 38.6 Å². The third-order valence-electron chi connectivity index (χ3n) is 5.93. The maximum absolute atomic E-state index is 9.47. The number of hydrogen-bond donors (Lipinski definition) is 3. The van der Waals surface area contributed by atoms with Crippen LogP contribution in [0.3, 0.4) is 0 Å². The van der Waals surface area contributed by atoms with Gasteiger partial charge in [0.15, 0.2) is 0 Å². The fourth-order valence-corrected chi connectivity index (χ4v) is 5.15. The molecule has 0 radical (unpaired) electrons. The summed E-state index contributed by atoms with van der Waals surface area (Å²) in [7, 11) is 3.34. The van der Waals surface area contributed by atoms with E-state index in [-0.39, 0.29) is 6.61 Å². The van der Waals surface area contributed by atoms with Crippen LogP contribution < -0.4 is 15.4 Å². The van der Waals surface area contributed by atoms with Gasteiger partial charge in [-0.25, -0.2) is 9.97 Å². The fraction of sp³-hybridized carbons (Fsp3) is 0.522. The van der Waals surface area contributed by atoms with Crippen LogP contribution in [0.5, 0.6) is 5.75 Å². The molecule has 172 valence electrons.